The minimum absolute atomic E-state index is 0.224. The molecule has 0 saturated carbocycles. The number of nitrogens with zero attached hydrogens (tertiary/aromatic N) is 2. The van der Waals surface area contributed by atoms with Gasteiger partial charge in [-0.1, -0.05) is 30.3 Å². The van der Waals surface area contributed by atoms with Crippen LogP contribution in [0.2, 0.25) is 5.02 Å². The van der Waals surface area contributed by atoms with E-state index in [1.165, 1.54) is 24.8 Å². The Labute approximate surface area is 178 Å². The number of benzene rings is 1. The van der Waals surface area contributed by atoms with Crippen molar-refractivity contribution < 1.29 is 19.2 Å². The van der Waals surface area contributed by atoms with Gasteiger partial charge in [-0.15, -0.1) is 0 Å². The lowest BCUT2D eigenvalue weighted by Crippen LogP contribution is -2.57. The summed E-state index contributed by atoms with van der Waals surface area (Å²) >= 11 is 6.09. The van der Waals surface area contributed by atoms with Gasteiger partial charge >= 0.3 is 0 Å². The lowest BCUT2D eigenvalue weighted by Gasteiger charge is -2.48. The molecule has 2 aliphatic heterocycles. The fraction of sp³-hybridized carbons (Fsp3) is 0.182. The van der Waals surface area contributed by atoms with Crippen molar-refractivity contribution in [1.82, 2.24) is 15.3 Å². The zero-order valence-electron chi connectivity index (χ0n) is 16.0. The Morgan fingerprint density at radius 2 is 2.03 bits per heavy atom. The van der Waals surface area contributed by atoms with Gasteiger partial charge in [0.2, 0.25) is 0 Å². The number of piperidine rings is 1. The molecule has 3 heterocycles. The van der Waals surface area contributed by atoms with Crippen molar-refractivity contribution in [2.75, 3.05) is 13.1 Å². The first-order valence-corrected chi connectivity index (χ1v) is 9.73. The Morgan fingerprint density at radius 3 is 2.70 bits per heavy atom. The van der Waals surface area contributed by atoms with Crippen molar-refractivity contribution in [2.45, 2.75) is 12.1 Å². The van der Waals surface area contributed by atoms with E-state index in [0.29, 0.717) is 41.2 Å². The summed E-state index contributed by atoms with van der Waals surface area (Å²) in [6, 6.07) is 8.77. The molecule has 0 aliphatic carbocycles. The van der Waals surface area contributed by atoms with E-state index in [9.17, 15) is 9.59 Å². The number of nitrogens with one attached hydrogen (secondary N) is 1. The third kappa shape index (κ3) is 3.12. The van der Waals surface area contributed by atoms with Gasteiger partial charge in [0, 0.05) is 36.3 Å². The SMILES string of the molecule is C=C1CC2(c3ccc(Cl)cc3)N(CCN2C(=O)c2ccoc2)C(=O)C1=CC=CNO. The van der Waals surface area contributed by atoms with E-state index < -0.39 is 5.66 Å². The maximum atomic E-state index is 13.4. The van der Waals surface area contributed by atoms with Crippen LogP contribution in [0.15, 0.2) is 83.4 Å². The summed E-state index contributed by atoms with van der Waals surface area (Å²) in [6.45, 7) is 4.86. The zero-order valence-corrected chi connectivity index (χ0v) is 16.8. The number of amides is 2. The first-order valence-electron chi connectivity index (χ1n) is 9.36. The van der Waals surface area contributed by atoms with Gasteiger partial charge in [-0.25, -0.2) is 0 Å². The number of hydroxylamine groups is 1. The van der Waals surface area contributed by atoms with E-state index in [-0.39, 0.29) is 11.8 Å². The van der Waals surface area contributed by atoms with Crippen LogP contribution in [-0.2, 0) is 10.5 Å². The van der Waals surface area contributed by atoms with Crippen molar-refractivity contribution in [3.63, 3.8) is 0 Å². The highest BCUT2D eigenvalue weighted by Crippen LogP contribution is 2.48. The minimum atomic E-state index is -1.01. The monoisotopic (exact) mass is 425 g/mol. The molecule has 0 spiro atoms. The van der Waals surface area contributed by atoms with Crippen LogP contribution in [0.3, 0.4) is 0 Å². The van der Waals surface area contributed by atoms with Crippen molar-refractivity contribution >= 4 is 23.4 Å². The molecule has 8 heteroatoms. The molecule has 2 aliphatic rings. The van der Waals surface area contributed by atoms with E-state index in [1.54, 1.807) is 34.1 Å². The molecule has 1 atom stereocenters. The zero-order chi connectivity index (χ0) is 21.3. The highest BCUT2D eigenvalue weighted by Gasteiger charge is 2.56. The molecular formula is C22H20ClN3O4. The summed E-state index contributed by atoms with van der Waals surface area (Å²) in [5.41, 5.74) is 3.12. The molecule has 2 saturated heterocycles. The van der Waals surface area contributed by atoms with E-state index >= 15 is 0 Å². The normalized spacial score (nSPS) is 22.8. The topological polar surface area (TPSA) is 86.0 Å². The number of halogens is 1. The average molecular weight is 426 g/mol. The summed E-state index contributed by atoms with van der Waals surface area (Å²) in [7, 11) is 0. The molecule has 154 valence electrons. The number of carbonyl (C=O) groups is 2. The van der Waals surface area contributed by atoms with Gasteiger partial charge in [0.25, 0.3) is 11.8 Å². The second kappa shape index (κ2) is 7.85. The van der Waals surface area contributed by atoms with Crippen LogP contribution in [0, 0.1) is 0 Å². The largest absolute Gasteiger partial charge is 0.472 e. The maximum absolute atomic E-state index is 13.4. The second-order valence-electron chi connectivity index (χ2n) is 7.10. The van der Waals surface area contributed by atoms with Crippen LogP contribution >= 0.6 is 11.6 Å². The lowest BCUT2D eigenvalue weighted by atomic mass is 9.82. The van der Waals surface area contributed by atoms with Crippen LogP contribution < -0.4 is 5.48 Å². The van der Waals surface area contributed by atoms with Crippen LogP contribution in [0.4, 0.5) is 0 Å². The molecule has 7 nitrogen and oxygen atoms in total. The molecular weight excluding hydrogens is 406 g/mol. The number of hydrogen-bond donors (Lipinski definition) is 2. The standard InChI is InChI=1S/C22H20ClN3O4/c1-15-13-22(17-4-6-18(23)7-5-17)25(20(27)16-8-12-30-14-16)10-11-26(22)21(28)19(15)3-2-9-24-29/h2-9,12,14,24,29H,1,10-11,13H2. The number of carbonyl (C=O) groups excluding carboxylic acids is 2. The van der Waals surface area contributed by atoms with Gasteiger partial charge in [-0.3, -0.25) is 20.3 Å². The molecule has 0 radical (unpaired) electrons. The summed E-state index contributed by atoms with van der Waals surface area (Å²) in [4.78, 5) is 30.1. The van der Waals surface area contributed by atoms with Crippen LogP contribution in [0.25, 0.3) is 0 Å². The summed E-state index contributed by atoms with van der Waals surface area (Å²) < 4.78 is 5.09. The molecule has 1 unspecified atom stereocenters. The first kappa shape index (κ1) is 20.0. The summed E-state index contributed by atoms with van der Waals surface area (Å²) in [5, 5.41) is 9.30. The Morgan fingerprint density at radius 1 is 1.27 bits per heavy atom. The quantitative estimate of drug-likeness (QED) is 0.578. The number of rotatable bonds is 4. The second-order valence-corrected chi connectivity index (χ2v) is 7.53. The number of allylic oxidation sites excluding steroid dienone is 2. The fourth-order valence-electron chi connectivity index (χ4n) is 4.18. The van der Waals surface area contributed by atoms with Gasteiger partial charge in [-0.2, -0.15) is 0 Å². The molecule has 1 aromatic carbocycles. The molecule has 1 aromatic heterocycles. The molecule has 2 amide bonds. The minimum Gasteiger partial charge on any atom is -0.472 e. The molecule has 30 heavy (non-hydrogen) atoms. The Kier molecular flexibility index (Phi) is 5.24. The molecule has 2 N–H and O–H groups in total. The first-order chi connectivity index (χ1) is 14.5. The van der Waals surface area contributed by atoms with E-state index in [4.69, 9.17) is 21.2 Å². The number of fused-ring (bicyclic) bond motifs is 1. The number of furan rings is 1. The Balaban J connectivity index is 1.83. The predicted octanol–water partition coefficient (Wildman–Crippen LogP) is 3.45. The third-order valence-corrected chi connectivity index (χ3v) is 5.76. The average Bonchev–Trinajstić information content (AvgIpc) is 3.39. The van der Waals surface area contributed by atoms with Gasteiger partial charge in [0.15, 0.2) is 0 Å². The highest BCUT2D eigenvalue weighted by atomic mass is 35.5. The van der Waals surface area contributed by atoms with E-state index in [0.717, 1.165) is 5.56 Å². The molecule has 4 rings (SSSR count). The molecule has 2 aromatic rings. The fourth-order valence-corrected chi connectivity index (χ4v) is 4.31. The lowest BCUT2D eigenvalue weighted by molar-refractivity contribution is -0.136. The van der Waals surface area contributed by atoms with Crippen LogP contribution in [0.1, 0.15) is 22.3 Å². The van der Waals surface area contributed by atoms with Gasteiger partial charge < -0.3 is 14.2 Å². The Bertz CT molecular complexity index is 1040. The number of hydrogen-bond acceptors (Lipinski definition) is 5. The van der Waals surface area contributed by atoms with E-state index in [1.807, 2.05) is 17.6 Å². The van der Waals surface area contributed by atoms with Crippen LogP contribution in [0.5, 0.6) is 0 Å². The smallest absolute Gasteiger partial charge is 0.259 e. The van der Waals surface area contributed by atoms with Crippen LogP contribution in [-0.4, -0.2) is 39.9 Å². The van der Waals surface area contributed by atoms with Gasteiger partial charge in [0.1, 0.15) is 11.9 Å². The van der Waals surface area contributed by atoms with Crippen molar-refractivity contribution in [2.24, 2.45) is 0 Å². The van der Waals surface area contributed by atoms with Crippen molar-refractivity contribution in [1.29, 1.82) is 0 Å². The van der Waals surface area contributed by atoms with Gasteiger partial charge in [0.05, 0.1) is 11.8 Å². The summed E-state index contributed by atoms with van der Waals surface area (Å²) in [6.07, 6.45) is 7.61. The highest BCUT2D eigenvalue weighted by molar-refractivity contribution is 6.30. The summed E-state index contributed by atoms with van der Waals surface area (Å²) in [5.74, 6) is -0.454. The molecule has 0 bridgehead atoms. The van der Waals surface area contributed by atoms with Gasteiger partial charge in [-0.05, 0) is 41.5 Å². The van der Waals surface area contributed by atoms with Crippen molar-refractivity contribution in [3.8, 4) is 0 Å². The maximum Gasteiger partial charge on any atom is 0.259 e. The van der Waals surface area contributed by atoms with E-state index in [2.05, 4.69) is 6.58 Å². The Hall–Kier alpha value is -3.29. The predicted molar refractivity (Wildman–Crippen MR) is 110 cm³/mol. The molecule has 2 fully saturated rings. The third-order valence-electron chi connectivity index (χ3n) is 5.51. The van der Waals surface area contributed by atoms with Crippen molar-refractivity contribution in [3.05, 3.63) is 95.1 Å².